The highest BCUT2D eigenvalue weighted by atomic mass is 32.1. The molecule has 19 heavy (non-hydrogen) atoms. The zero-order valence-corrected chi connectivity index (χ0v) is 12.9. The average molecular weight is 276 g/mol. The van der Waals surface area contributed by atoms with Gasteiger partial charge in [0, 0.05) is 12.6 Å². The molecular weight excluding hydrogens is 252 g/mol. The van der Waals surface area contributed by atoms with Gasteiger partial charge in [-0.15, -0.1) is 0 Å². The summed E-state index contributed by atoms with van der Waals surface area (Å²) in [6.07, 6.45) is 6.13. The van der Waals surface area contributed by atoms with Gasteiger partial charge in [-0.25, -0.2) is 0 Å². The molecule has 2 nitrogen and oxygen atoms in total. The van der Waals surface area contributed by atoms with E-state index in [1.54, 1.807) is 11.3 Å². The number of nitriles is 1. The zero-order chi connectivity index (χ0) is 13.7. The molecule has 2 rings (SSSR count). The Morgan fingerprint density at radius 2 is 2.21 bits per heavy atom. The van der Waals surface area contributed by atoms with Gasteiger partial charge in [0.2, 0.25) is 0 Å². The highest BCUT2D eigenvalue weighted by molar-refractivity contribution is 7.07. The van der Waals surface area contributed by atoms with E-state index in [4.69, 9.17) is 5.26 Å². The molecule has 1 saturated carbocycles. The van der Waals surface area contributed by atoms with E-state index in [1.807, 2.05) is 13.8 Å². The van der Waals surface area contributed by atoms with E-state index in [0.717, 1.165) is 25.4 Å². The topological polar surface area (TPSA) is 27.0 Å². The summed E-state index contributed by atoms with van der Waals surface area (Å²) in [7, 11) is 0. The molecule has 1 aromatic rings. The summed E-state index contributed by atoms with van der Waals surface area (Å²) in [4.78, 5) is 2.63. The molecule has 0 spiro atoms. The fourth-order valence-electron chi connectivity index (χ4n) is 2.39. The van der Waals surface area contributed by atoms with Crippen LogP contribution in [-0.4, -0.2) is 17.5 Å². The van der Waals surface area contributed by atoms with E-state index >= 15 is 0 Å². The first-order valence-electron chi connectivity index (χ1n) is 7.27. The van der Waals surface area contributed by atoms with Crippen molar-refractivity contribution in [2.24, 2.45) is 5.41 Å². The van der Waals surface area contributed by atoms with Gasteiger partial charge in [-0.3, -0.25) is 4.90 Å². The van der Waals surface area contributed by atoms with E-state index < -0.39 is 0 Å². The van der Waals surface area contributed by atoms with E-state index in [0.29, 0.717) is 0 Å². The maximum atomic E-state index is 9.01. The summed E-state index contributed by atoms with van der Waals surface area (Å²) < 4.78 is 0. The van der Waals surface area contributed by atoms with Crippen molar-refractivity contribution in [1.29, 1.82) is 5.26 Å². The Balaban J connectivity index is 1.71. The maximum Gasteiger partial charge on any atom is 0.0683 e. The highest BCUT2D eigenvalue weighted by Gasteiger charge is 2.28. The third-order valence-corrected chi connectivity index (χ3v) is 4.56. The van der Waals surface area contributed by atoms with Crippen LogP contribution < -0.4 is 0 Å². The van der Waals surface area contributed by atoms with E-state index in [2.05, 4.69) is 27.8 Å². The first-order chi connectivity index (χ1) is 9.11. The number of nitrogens with zero attached hydrogens (tertiary/aromatic N) is 2. The number of hydrogen-bond acceptors (Lipinski definition) is 3. The molecule has 1 fully saturated rings. The van der Waals surface area contributed by atoms with Crippen LogP contribution in [0.4, 0.5) is 0 Å². The number of thiophene rings is 1. The lowest BCUT2D eigenvalue weighted by atomic mass is 9.89. The number of rotatable bonds is 8. The van der Waals surface area contributed by atoms with Crippen LogP contribution in [0.5, 0.6) is 0 Å². The van der Waals surface area contributed by atoms with Gasteiger partial charge in [0.25, 0.3) is 0 Å². The van der Waals surface area contributed by atoms with E-state index in [1.165, 1.54) is 31.4 Å². The molecule has 0 saturated heterocycles. The Bertz CT molecular complexity index is 412. The van der Waals surface area contributed by atoms with Crippen molar-refractivity contribution in [2.45, 2.75) is 58.5 Å². The van der Waals surface area contributed by atoms with Crippen LogP contribution in [0.15, 0.2) is 16.8 Å². The third kappa shape index (κ3) is 4.97. The molecule has 0 aromatic carbocycles. The fraction of sp³-hybridized carbons (Fsp3) is 0.688. The van der Waals surface area contributed by atoms with Crippen LogP contribution in [0.3, 0.4) is 0 Å². The molecule has 0 unspecified atom stereocenters. The van der Waals surface area contributed by atoms with Crippen molar-refractivity contribution in [2.75, 3.05) is 6.54 Å². The van der Waals surface area contributed by atoms with Crippen molar-refractivity contribution in [1.82, 2.24) is 4.90 Å². The summed E-state index contributed by atoms with van der Waals surface area (Å²) in [5, 5.41) is 13.4. The molecule has 0 N–H and O–H groups in total. The third-order valence-electron chi connectivity index (χ3n) is 3.83. The lowest BCUT2D eigenvalue weighted by molar-refractivity contribution is 0.244. The molecule has 1 aliphatic rings. The molecule has 104 valence electrons. The number of hydrogen-bond donors (Lipinski definition) is 0. The lowest BCUT2D eigenvalue weighted by Crippen LogP contribution is -2.26. The molecule has 0 amide bonds. The van der Waals surface area contributed by atoms with Crippen LogP contribution in [0, 0.1) is 16.7 Å². The Kier molecular flexibility index (Phi) is 5.01. The Hall–Kier alpha value is -0.850. The predicted octanol–water partition coefficient (Wildman–Crippen LogP) is 4.43. The van der Waals surface area contributed by atoms with Crippen molar-refractivity contribution >= 4 is 11.3 Å². The molecule has 0 atom stereocenters. The van der Waals surface area contributed by atoms with Crippen molar-refractivity contribution in [3.05, 3.63) is 22.4 Å². The smallest absolute Gasteiger partial charge is 0.0683 e. The minimum absolute atomic E-state index is 0.155. The fourth-order valence-corrected chi connectivity index (χ4v) is 3.05. The predicted molar refractivity (Wildman–Crippen MR) is 81.0 cm³/mol. The second-order valence-corrected chi connectivity index (χ2v) is 7.07. The molecule has 3 heteroatoms. The average Bonchev–Trinajstić information content (AvgIpc) is 3.11. The minimum Gasteiger partial charge on any atom is -0.296 e. The normalized spacial score (nSPS) is 15.7. The summed E-state index contributed by atoms with van der Waals surface area (Å²) in [6, 6.07) is 5.45. The van der Waals surface area contributed by atoms with Gasteiger partial charge in [-0.2, -0.15) is 16.6 Å². The molecule has 1 heterocycles. The van der Waals surface area contributed by atoms with Gasteiger partial charge < -0.3 is 0 Å². The summed E-state index contributed by atoms with van der Waals surface area (Å²) in [5.41, 5.74) is 1.30. The molecular formula is C16H24N2S. The maximum absolute atomic E-state index is 9.01. The lowest BCUT2D eigenvalue weighted by Gasteiger charge is -2.22. The first kappa shape index (κ1) is 14.6. The monoisotopic (exact) mass is 276 g/mol. The zero-order valence-electron chi connectivity index (χ0n) is 12.1. The Morgan fingerprint density at radius 1 is 1.42 bits per heavy atom. The number of unbranched alkanes of at least 4 members (excludes halogenated alkanes) is 1. The molecule has 0 aliphatic heterocycles. The largest absolute Gasteiger partial charge is 0.296 e. The molecule has 0 radical (unpaired) electrons. The van der Waals surface area contributed by atoms with Crippen molar-refractivity contribution < 1.29 is 0 Å². The van der Waals surface area contributed by atoms with Gasteiger partial charge in [-0.05, 0) is 68.5 Å². The van der Waals surface area contributed by atoms with E-state index in [9.17, 15) is 0 Å². The second-order valence-electron chi connectivity index (χ2n) is 6.29. The van der Waals surface area contributed by atoms with Crippen molar-refractivity contribution in [3.8, 4) is 6.07 Å². The summed E-state index contributed by atoms with van der Waals surface area (Å²) >= 11 is 1.79. The highest BCUT2D eigenvalue weighted by Crippen LogP contribution is 2.29. The van der Waals surface area contributed by atoms with Crippen LogP contribution in [-0.2, 0) is 6.54 Å². The van der Waals surface area contributed by atoms with Gasteiger partial charge in [0.05, 0.1) is 11.5 Å². The Labute approximate surface area is 121 Å². The molecule has 0 bridgehead atoms. The van der Waals surface area contributed by atoms with Crippen LogP contribution in [0.1, 0.15) is 51.5 Å². The first-order valence-corrected chi connectivity index (χ1v) is 8.21. The van der Waals surface area contributed by atoms with Crippen LogP contribution in [0.25, 0.3) is 0 Å². The summed E-state index contributed by atoms with van der Waals surface area (Å²) in [6.45, 7) is 6.37. The van der Waals surface area contributed by atoms with Gasteiger partial charge in [-0.1, -0.05) is 6.42 Å². The van der Waals surface area contributed by atoms with E-state index in [-0.39, 0.29) is 5.41 Å². The van der Waals surface area contributed by atoms with Gasteiger partial charge in [0.15, 0.2) is 0 Å². The van der Waals surface area contributed by atoms with Crippen molar-refractivity contribution in [3.63, 3.8) is 0 Å². The van der Waals surface area contributed by atoms with Crippen LogP contribution in [0.2, 0.25) is 0 Å². The SMILES string of the molecule is CC(C)(C#N)CCCCN(Cc1ccsc1)C1CC1. The quantitative estimate of drug-likeness (QED) is 0.657. The molecule has 1 aromatic heterocycles. The van der Waals surface area contributed by atoms with Gasteiger partial charge in [0.1, 0.15) is 0 Å². The summed E-state index contributed by atoms with van der Waals surface area (Å²) in [5.74, 6) is 0. The molecule has 1 aliphatic carbocycles. The minimum atomic E-state index is -0.155. The van der Waals surface area contributed by atoms with Gasteiger partial charge >= 0.3 is 0 Å². The van der Waals surface area contributed by atoms with Crippen LogP contribution >= 0.6 is 11.3 Å². The standard InChI is InChI=1S/C16H24N2S/c1-16(2,13-17)8-3-4-9-18(15-5-6-15)11-14-7-10-19-12-14/h7,10,12,15H,3-6,8-9,11H2,1-2H3. The second kappa shape index (κ2) is 6.54. The Morgan fingerprint density at radius 3 is 2.79 bits per heavy atom.